The minimum absolute atomic E-state index is 0.0619. The Morgan fingerprint density at radius 1 is 1.11 bits per heavy atom. The predicted octanol–water partition coefficient (Wildman–Crippen LogP) is 3.54. The Morgan fingerprint density at radius 2 is 1.81 bits per heavy atom. The van der Waals surface area contributed by atoms with Gasteiger partial charge in [-0.3, -0.25) is 9.69 Å². The summed E-state index contributed by atoms with van der Waals surface area (Å²) in [6.07, 6.45) is 1.62. The zero-order chi connectivity index (χ0) is 25.9. The van der Waals surface area contributed by atoms with Crippen LogP contribution in [0, 0.1) is 11.7 Å². The van der Waals surface area contributed by atoms with Gasteiger partial charge in [0.2, 0.25) is 15.9 Å². The molecular formula is C25H31FN4O5S. The van der Waals surface area contributed by atoms with E-state index in [1.165, 1.54) is 36.3 Å². The molecule has 1 heterocycles. The van der Waals surface area contributed by atoms with Gasteiger partial charge in [-0.25, -0.2) is 22.3 Å². The monoisotopic (exact) mass is 518 g/mol. The molecule has 2 aromatic rings. The highest BCUT2D eigenvalue weighted by atomic mass is 32.2. The maximum absolute atomic E-state index is 13.1. The number of methoxy groups -OCH3 is 1. The van der Waals surface area contributed by atoms with Gasteiger partial charge in [-0.15, -0.1) is 0 Å². The van der Waals surface area contributed by atoms with Gasteiger partial charge in [0.05, 0.1) is 29.4 Å². The van der Waals surface area contributed by atoms with Crippen molar-refractivity contribution in [2.75, 3.05) is 30.4 Å². The summed E-state index contributed by atoms with van der Waals surface area (Å²) in [5.74, 6) is -0.624. The van der Waals surface area contributed by atoms with Gasteiger partial charge in [0.1, 0.15) is 5.82 Å². The summed E-state index contributed by atoms with van der Waals surface area (Å²) in [4.78, 5) is 26.3. The van der Waals surface area contributed by atoms with E-state index in [4.69, 9.17) is 4.74 Å². The number of benzene rings is 2. The Bertz CT molecular complexity index is 1210. The number of nitrogens with one attached hydrogen (secondary N) is 3. The Hall–Kier alpha value is -3.18. The van der Waals surface area contributed by atoms with Crippen LogP contribution in [0.25, 0.3) is 0 Å². The lowest BCUT2D eigenvalue weighted by Crippen LogP contribution is -2.41. The first kappa shape index (κ1) is 25.9. The van der Waals surface area contributed by atoms with E-state index in [0.29, 0.717) is 50.1 Å². The number of halogens is 1. The summed E-state index contributed by atoms with van der Waals surface area (Å²) >= 11 is 0. The van der Waals surface area contributed by atoms with Crippen molar-refractivity contribution in [1.82, 2.24) is 10.0 Å². The van der Waals surface area contributed by atoms with E-state index in [-0.39, 0.29) is 34.6 Å². The van der Waals surface area contributed by atoms with Crippen LogP contribution < -0.4 is 20.3 Å². The largest absolute Gasteiger partial charge is 0.452 e. The minimum Gasteiger partial charge on any atom is -0.452 e. The van der Waals surface area contributed by atoms with Crippen molar-refractivity contribution in [2.45, 2.75) is 49.6 Å². The molecule has 0 spiro atoms. The maximum atomic E-state index is 13.1. The van der Waals surface area contributed by atoms with Crippen molar-refractivity contribution in [2.24, 2.45) is 5.92 Å². The molecule has 1 atom stereocenters. The van der Waals surface area contributed by atoms with Gasteiger partial charge in [0, 0.05) is 25.0 Å². The van der Waals surface area contributed by atoms with Crippen LogP contribution in [0.15, 0.2) is 47.4 Å². The van der Waals surface area contributed by atoms with Crippen molar-refractivity contribution in [1.29, 1.82) is 0 Å². The lowest BCUT2D eigenvalue weighted by atomic mass is 9.85. The third-order valence-electron chi connectivity index (χ3n) is 6.76. The standard InChI is InChI=1S/C25H31FN4O5S/c1-16(17-3-7-19(26)8-4-17)28-24(31)18-5-9-20(10-6-18)29-36(33,34)21-11-12-22-23(15-21)30(14-13-27-22)25(32)35-2/h3-4,7-8,11-12,15-16,18,20,27,29H,5-6,9-10,13-14H2,1-2H3,(H,28,31)/t16-,18?,20?/m1/s1. The Kier molecular flexibility index (Phi) is 7.79. The van der Waals surface area contributed by atoms with Gasteiger partial charge < -0.3 is 15.4 Å². The van der Waals surface area contributed by atoms with Crippen LogP contribution in [0.1, 0.15) is 44.2 Å². The van der Waals surface area contributed by atoms with Crippen molar-refractivity contribution in [3.05, 3.63) is 53.8 Å². The van der Waals surface area contributed by atoms with Gasteiger partial charge >= 0.3 is 6.09 Å². The molecule has 0 bridgehead atoms. The third kappa shape index (κ3) is 5.79. The maximum Gasteiger partial charge on any atom is 0.414 e. The normalized spacial score (nSPS) is 20.6. The van der Waals surface area contributed by atoms with E-state index in [1.807, 2.05) is 6.92 Å². The molecule has 3 N–H and O–H groups in total. The second kappa shape index (κ2) is 10.8. The minimum atomic E-state index is -3.83. The summed E-state index contributed by atoms with van der Waals surface area (Å²) < 4.78 is 46.9. The second-order valence-corrected chi connectivity index (χ2v) is 10.9. The lowest BCUT2D eigenvalue weighted by Gasteiger charge is -2.30. The van der Waals surface area contributed by atoms with Crippen LogP contribution in [0.2, 0.25) is 0 Å². The highest BCUT2D eigenvalue weighted by molar-refractivity contribution is 7.89. The fourth-order valence-electron chi connectivity index (χ4n) is 4.70. The molecule has 9 nitrogen and oxygen atoms in total. The molecule has 194 valence electrons. The first-order valence-electron chi connectivity index (χ1n) is 12.0. The highest BCUT2D eigenvalue weighted by Crippen LogP contribution is 2.33. The van der Waals surface area contributed by atoms with E-state index in [1.54, 1.807) is 18.2 Å². The number of nitrogens with zero attached hydrogens (tertiary/aromatic N) is 1. The molecule has 1 aliphatic heterocycles. The van der Waals surface area contributed by atoms with Crippen molar-refractivity contribution in [3.63, 3.8) is 0 Å². The molecule has 0 saturated heterocycles. The first-order chi connectivity index (χ1) is 17.2. The Balaban J connectivity index is 1.35. The number of rotatable bonds is 6. The molecule has 1 aliphatic carbocycles. The highest BCUT2D eigenvalue weighted by Gasteiger charge is 2.31. The summed E-state index contributed by atoms with van der Waals surface area (Å²) in [7, 11) is -2.55. The van der Waals surface area contributed by atoms with Crippen LogP contribution in [0.5, 0.6) is 0 Å². The smallest absolute Gasteiger partial charge is 0.414 e. The van der Waals surface area contributed by atoms with E-state index in [0.717, 1.165) is 5.56 Å². The number of hydrogen-bond acceptors (Lipinski definition) is 6. The molecule has 2 amide bonds. The van der Waals surface area contributed by atoms with Crippen LogP contribution >= 0.6 is 0 Å². The van der Waals surface area contributed by atoms with Gasteiger partial charge in [-0.2, -0.15) is 0 Å². The van der Waals surface area contributed by atoms with E-state index in [2.05, 4.69) is 15.4 Å². The van der Waals surface area contributed by atoms with E-state index in [9.17, 15) is 22.4 Å². The average molecular weight is 519 g/mol. The third-order valence-corrected chi connectivity index (χ3v) is 8.28. The van der Waals surface area contributed by atoms with Gasteiger partial charge in [-0.1, -0.05) is 12.1 Å². The number of hydrogen-bond donors (Lipinski definition) is 3. The summed E-state index contributed by atoms with van der Waals surface area (Å²) in [6, 6.07) is 10.1. The zero-order valence-electron chi connectivity index (χ0n) is 20.3. The Morgan fingerprint density at radius 3 is 2.47 bits per heavy atom. The Labute approximate surface area is 210 Å². The topological polar surface area (TPSA) is 117 Å². The second-order valence-electron chi connectivity index (χ2n) is 9.18. The summed E-state index contributed by atoms with van der Waals surface area (Å²) in [5.41, 5.74) is 1.93. The van der Waals surface area contributed by atoms with E-state index >= 15 is 0 Å². The van der Waals surface area contributed by atoms with Gasteiger partial charge in [-0.05, 0) is 68.5 Å². The van der Waals surface area contributed by atoms with Crippen LogP contribution in [-0.4, -0.2) is 46.7 Å². The molecule has 0 aromatic heterocycles. The SMILES string of the molecule is COC(=O)N1CCNc2ccc(S(=O)(=O)NC3CCC(C(=O)N[C@H](C)c4ccc(F)cc4)CC3)cc21. The first-order valence-corrected chi connectivity index (χ1v) is 13.5. The van der Waals surface area contributed by atoms with Crippen molar-refractivity contribution in [3.8, 4) is 0 Å². The molecule has 0 unspecified atom stereocenters. The molecule has 1 fully saturated rings. The molecule has 2 aromatic carbocycles. The number of anilines is 2. The summed E-state index contributed by atoms with van der Waals surface area (Å²) in [5, 5.41) is 6.13. The molecule has 0 radical (unpaired) electrons. The average Bonchev–Trinajstić information content (AvgIpc) is 2.88. The predicted molar refractivity (Wildman–Crippen MR) is 134 cm³/mol. The molecule has 11 heteroatoms. The summed E-state index contributed by atoms with van der Waals surface area (Å²) in [6.45, 7) is 2.74. The van der Waals surface area contributed by atoms with Crippen molar-refractivity contribution < 1.29 is 27.1 Å². The van der Waals surface area contributed by atoms with Crippen LogP contribution in [0.3, 0.4) is 0 Å². The number of amides is 2. The molecule has 4 rings (SSSR count). The number of carbonyl (C=O) groups is 2. The lowest BCUT2D eigenvalue weighted by molar-refractivity contribution is -0.126. The number of ether oxygens (including phenoxy) is 1. The number of sulfonamides is 1. The molecular weight excluding hydrogens is 487 g/mol. The van der Waals surface area contributed by atoms with Crippen LogP contribution in [0.4, 0.5) is 20.6 Å². The fraction of sp³-hybridized carbons (Fsp3) is 0.440. The zero-order valence-corrected chi connectivity index (χ0v) is 21.1. The molecule has 36 heavy (non-hydrogen) atoms. The fourth-order valence-corrected chi connectivity index (χ4v) is 6.03. The molecule has 1 saturated carbocycles. The van der Waals surface area contributed by atoms with E-state index < -0.39 is 16.1 Å². The van der Waals surface area contributed by atoms with Crippen molar-refractivity contribution >= 4 is 33.4 Å². The van der Waals surface area contributed by atoms with Gasteiger partial charge in [0.15, 0.2) is 0 Å². The van der Waals surface area contributed by atoms with Gasteiger partial charge in [0.25, 0.3) is 0 Å². The number of fused-ring (bicyclic) bond motifs is 1. The number of carbonyl (C=O) groups excluding carboxylic acids is 2. The molecule has 2 aliphatic rings. The quantitative estimate of drug-likeness (QED) is 0.539. The van der Waals surface area contributed by atoms with Crippen LogP contribution in [-0.2, 0) is 19.6 Å².